The summed E-state index contributed by atoms with van der Waals surface area (Å²) in [5.41, 5.74) is 12.5. The molecule has 0 amide bonds. The molecule has 0 atom stereocenters. The summed E-state index contributed by atoms with van der Waals surface area (Å²) in [6.45, 7) is 8.38. The average molecular weight is 421 g/mol. The summed E-state index contributed by atoms with van der Waals surface area (Å²) in [5.74, 6) is 0. The minimum Gasteiger partial charge on any atom is -0.366 e. The van der Waals surface area contributed by atoms with Crippen molar-refractivity contribution in [3.05, 3.63) is 75.4 Å². The molecule has 0 spiro atoms. The van der Waals surface area contributed by atoms with Crippen LogP contribution < -0.4 is 0 Å². The third-order valence-corrected chi connectivity index (χ3v) is 5.71. The molecule has 146 valence electrons. The minimum absolute atomic E-state index is 0. The van der Waals surface area contributed by atoms with Crippen molar-refractivity contribution in [3.8, 4) is 0 Å². The number of rotatable bonds is 0. The number of nitrogens with one attached hydrogen (secondary N) is 2. The first-order valence-corrected chi connectivity index (χ1v) is 9.45. The van der Waals surface area contributed by atoms with Gasteiger partial charge in [-0.15, -0.1) is 11.6 Å². The number of hydrogen-bond acceptors (Lipinski definition) is 2. The molecule has 2 aliphatic rings. The molecule has 4 nitrogen and oxygen atoms in total. The second kappa shape index (κ2) is 7.18. The van der Waals surface area contributed by atoms with Gasteiger partial charge in [0.2, 0.25) is 0 Å². The van der Waals surface area contributed by atoms with Crippen LogP contribution in [0.5, 0.6) is 0 Å². The molecule has 2 N–H and O–H groups in total. The zero-order chi connectivity index (χ0) is 19.4. The van der Waals surface area contributed by atoms with Gasteiger partial charge < -0.3 is 15.0 Å². The number of nitrogens with zero attached hydrogens (tertiary/aromatic N) is 2. The van der Waals surface area contributed by atoms with Gasteiger partial charge >= 0.3 is 0 Å². The Balaban J connectivity index is 0.00000205. The van der Waals surface area contributed by atoms with Crippen molar-refractivity contribution in [3.63, 3.8) is 0 Å². The van der Waals surface area contributed by atoms with E-state index in [1.807, 2.05) is 6.08 Å². The van der Waals surface area contributed by atoms with Crippen molar-refractivity contribution in [1.82, 2.24) is 19.9 Å². The molecule has 0 saturated carbocycles. The zero-order valence-corrected chi connectivity index (χ0v) is 17.9. The molecule has 0 radical (unpaired) electrons. The van der Waals surface area contributed by atoms with E-state index in [-0.39, 0.29) is 17.1 Å². The maximum atomic E-state index is 4.85. The van der Waals surface area contributed by atoms with Crippen LogP contribution in [0.2, 0.25) is 0 Å². The van der Waals surface area contributed by atoms with Gasteiger partial charge in [-0.25, -0.2) is 4.98 Å². The van der Waals surface area contributed by atoms with Gasteiger partial charge in [0.15, 0.2) is 0 Å². The van der Waals surface area contributed by atoms with E-state index in [9.17, 15) is 0 Å². The number of fused-ring (bicyclic) bond motifs is 8. The zero-order valence-electron chi connectivity index (χ0n) is 16.8. The molecule has 5 rings (SSSR count). The third kappa shape index (κ3) is 3.17. The molecule has 5 heterocycles. The fourth-order valence-corrected chi connectivity index (χ4v) is 3.69. The van der Waals surface area contributed by atoms with E-state index in [2.05, 4.69) is 80.2 Å². The van der Waals surface area contributed by atoms with Crippen LogP contribution >= 0.6 is 0 Å². The van der Waals surface area contributed by atoms with Crippen molar-refractivity contribution in [1.29, 1.82) is 0 Å². The van der Waals surface area contributed by atoms with Gasteiger partial charge in [0.05, 0.1) is 11.4 Å². The molecule has 3 aromatic rings. The normalized spacial score (nSPS) is 12.3. The Hall–Kier alpha value is -2.88. The van der Waals surface area contributed by atoms with Crippen LogP contribution in [-0.2, 0) is 17.1 Å². The van der Waals surface area contributed by atoms with E-state index in [0.29, 0.717) is 0 Å². The molecule has 0 fully saturated rings. The predicted molar refractivity (Wildman–Crippen MR) is 116 cm³/mol. The van der Waals surface area contributed by atoms with Crippen molar-refractivity contribution in [2.24, 2.45) is 0 Å². The van der Waals surface area contributed by atoms with Crippen LogP contribution in [-0.4, -0.2) is 19.9 Å². The summed E-state index contributed by atoms with van der Waals surface area (Å²) in [7, 11) is 0. The van der Waals surface area contributed by atoms with Crippen LogP contribution in [0, 0.1) is 33.8 Å². The van der Waals surface area contributed by atoms with Crippen molar-refractivity contribution in [2.75, 3.05) is 0 Å². The van der Waals surface area contributed by atoms with Crippen LogP contribution in [0.15, 0.2) is 24.3 Å². The first-order chi connectivity index (χ1) is 13.5. The Kier molecular flexibility index (Phi) is 4.81. The van der Waals surface area contributed by atoms with E-state index in [1.54, 1.807) is 0 Å². The Morgan fingerprint density at radius 3 is 1.76 bits per heavy atom. The second-order valence-corrected chi connectivity index (χ2v) is 7.42. The number of H-pyrrole nitrogens is 2. The first-order valence-electron chi connectivity index (χ1n) is 9.45. The molecule has 3 aromatic heterocycles. The van der Waals surface area contributed by atoms with Gasteiger partial charge in [0.25, 0.3) is 0 Å². The monoisotopic (exact) mass is 421 g/mol. The summed E-state index contributed by atoms with van der Waals surface area (Å²) in [4.78, 5) is 16.7. The van der Waals surface area contributed by atoms with E-state index >= 15 is 0 Å². The predicted octanol–water partition coefficient (Wildman–Crippen LogP) is 5.58. The van der Waals surface area contributed by atoms with E-state index < -0.39 is 0 Å². The fourth-order valence-electron chi connectivity index (χ4n) is 3.69. The number of hydrogen-bond donors (Lipinski definition) is 2. The Bertz CT molecular complexity index is 1250. The van der Waals surface area contributed by atoms with Crippen LogP contribution in [0.25, 0.3) is 40.3 Å². The van der Waals surface area contributed by atoms with Crippen LogP contribution in [0.3, 0.4) is 0 Å². The molecule has 0 aliphatic carbocycles. The molecule has 0 aromatic carbocycles. The number of aryl methyl sites for hydroxylation is 3. The van der Waals surface area contributed by atoms with Gasteiger partial charge in [-0.05, 0) is 79.5 Å². The molecule has 29 heavy (non-hydrogen) atoms. The third-order valence-electron chi connectivity index (χ3n) is 5.71. The summed E-state index contributed by atoms with van der Waals surface area (Å²) >= 11 is 0. The SMILES string of the molecule is Cc1c2nc(c(C)c3ccc([nH]3)c(C)c3ccc([nH]3)c(C)c3nc1C=C3)[C-]=C2.[Fe]. The van der Waals surface area contributed by atoms with Crippen molar-refractivity contribution in [2.45, 2.75) is 27.7 Å². The summed E-state index contributed by atoms with van der Waals surface area (Å²) in [6, 6.07) is 8.48. The van der Waals surface area contributed by atoms with Crippen LogP contribution in [0.1, 0.15) is 45.0 Å². The van der Waals surface area contributed by atoms with E-state index in [1.165, 1.54) is 5.56 Å². The molecule has 8 bridgehead atoms. The second-order valence-electron chi connectivity index (χ2n) is 7.42. The van der Waals surface area contributed by atoms with Gasteiger partial charge in [0.1, 0.15) is 0 Å². The molecule has 0 unspecified atom stereocenters. The van der Waals surface area contributed by atoms with Gasteiger partial charge in [-0.1, -0.05) is 18.2 Å². The molecule has 5 heteroatoms. The topological polar surface area (TPSA) is 57.4 Å². The molecule has 2 aliphatic heterocycles. The van der Waals surface area contributed by atoms with Crippen molar-refractivity contribution >= 4 is 40.3 Å². The summed E-state index contributed by atoms with van der Waals surface area (Å²) in [5, 5.41) is 0. The van der Waals surface area contributed by atoms with Crippen LogP contribution in [0.4, 0.5) is 0 Å². The van der Waals surface area contributed by atoms with Gasteiger partial charge in [-0.3, -0.25) is 0 Å². The Morgan fingerprint density at radius 2 is 1.14 bits per heavy atom. The Labute approximate surface area is 180 Å². The van der Waals surface area contributed by atoms with E-state index in [0.717, 1.165) is 61.5 Å². The maximum Gasteiger partial charge on any atom is 0.0687 e. The standard InChI is InChI=1S/C24H21N4.Fe/c1-13-17-5-7-19(25-17)14(2)21-9-11-23(27-21)16(4)24-12-10-22(28-24)15(3)20-8-6-18(13)26-20;/h5-11,25,27H,1-4H3;/q-1;. The number of aromatic nitrogens is 4. The maximum absolute atomic E-state index is 4.85. The average Bonchev–Trinajstić information content (AvgIpc) is 3.49. The van der Waals surface area contributed by atoms with Gasteiger partial charge in [0, 0.05) is 33.6 Å². The quantitative estimate of drug-likeness (QED) is 0.253. The minimum atomic E-state index is 0. The smallest absolute Gasteiger partial charge is 0.0687 e. The van der Waals surface area contributed by atoms with Gasteiger partial charge in [-0.2, -0.15) is 6.08 Å². The fraction of sp³-hybridized carbons (Fsp3) is 0.167. The molecular weight excluding hydrogens is 400 g/mol. The largest absolute Gasteiger partial charge is 0.366 e. The van der Waals surface area contributed by atoms with Crippen molar-refractivity contribution < 1.29 is 17.1 Å². The Morgan fingerprint density at radius 1 is 0.621 bits per heavy atom. The van der Waals surface area contributed by atoms with E-state index in [4.69, 9.17) is 9.97 Å². The summed E-state index contributed by atoms with van der Waals surface area (Å²) < 4.78 is 0. The molecule has 0 saturated heterocycles. The first kappa shape index (κ1) is 19.4. The molecular formula is C24H21FeN4-. The number of aromatic amines is 2. The summed E-state index contributed by atoms with van der Waals surface area (Å²) in [6.07, 6.45) is 9.41.